The molecular weight excluding hydrogens is 572 g/mol. The fourth-order valence-corrected chi connectivity index (χ4v) is 7.87. The SMILES string of the molecule is Cc1cc(Nc2ncc3cc(C(=O)N(C)C)n(C4CCCC4)c3n2)ncc1C(=O)N1CC2CC3(C(=O)OC(C)(C)C)CC(C1)N23. The Morgan fingerprint density at radius 3 is 2.31 bits per heavy atom. The molecule has 4 aliphatic rings. The van der Waals surface area contributed by atoms with Crippen molar-refractivity contribution in [3.63, 3.8) is 0 Å². The minimum absolute atomic E-state index is 0.0435. The van der Waals surface area contributed by atoms with E-state index in [2.05, 4.69) is 24.8 Å². The lowest BCUT2D eigenvalue weighted by Crippen LogP contribution is -2.87. The maximum Gasteiger partial charge on any atom is 0.327 e. The number of carbonyl (C=O) groups excluding carboxylic acids is 3. The number of nitrogens with zero attached hydrogens (tertiary/aromatic N) is 7. The third-order valence-corrected chi connectivity index (χ3v) is 9.83. The van der Waals surface area contributed by atoms with E-state index in [-0.39, 0.29) is 35.9 Å². The highest BCUT2D eigenvalue weighted by Crippen LogP contribution is 2.55. The third kappa shape index (κ3) is 4.93. The summed E-state index contributed by atoms with van der Waals surface area (Å²) in [5.41, 5.74) is 1.71. The van der Waals surface area contributed by atoms with Crippen LogP contribution in [-0.4, -0.2) is 102 Å². The summed E-state index contributed by atoms with van der Waals surface area (Å²) in [6.07, 6.45) is 9.10. The molecule has 6 heterocycles. The zero-order valence-corrected chi connectivity index (χ0v) is 27.0. The van der Waals surface area contributed by atoms with Crippen LogP contribution in [0.4, 0.5) is 11.8 Å². The predicted octanol–water partition coefficient (Wildman–Crippen LogP) is 4.08. The summed E-state index contributed by atoms with van der Waals surface area (Å²) in [6.45, 7) is 8.78. The first-order chi connectivity index (χ1) is 21.3. The maximum absolute atomic E-state index is 13.6. The topological polar surface area (TPSA) is 126 Å². The van der Waals surface area contributed by atoms with Crippen LogP contribution >= 0.6 is 0 Å². The number of esters is 1. The number of likely N-dealkylation sites (tertiary alicyclic amines) is 1. The Kier molecular flexibility index (Phi) is 6.92. The molecule has 1 saturated carbocycles. The lowest BCUT2D eigenvalue weighted by Gasteiger charge is -2.71. The molecule has 12 heteroatoms. The lowest BCUT2D eigenvalue weighted by molar-refractivity contribution is -0.244. The fourth-order valence-electron chi connectivity index (χ4n) is 7.87. The summed E-state index contributed by atoms with van der Waals surface area (Å²) >= 11 is 0. The van der Waals surface area contributed by atoms with Gasteiger partial charge in [0.25, 0.3) is 11.8 Å². The number of fused-ring (bicyclic) bond motifs is 1. The highest BCUT2D eigenvalue weighted by Gasteiger charge is 2.70. The van der Waals surface area contributed by atoms with Crippen molar-refractivity contribution in [3.05, 3.63) is 41.3 Å². The normalized spacial score (nSPS) is 24.5. The van der Waals surface area contributed by atoms with Crippen molar-refractivity contribution < 1.29 is 19.1 Å². The largest absolute Gasteiger partial charge is 0.459 e. The first kappa shape index (κ1) is 29.6. The van der Waals surface area contributed by atoms with Crippen molar-refractivity contribution in [2.24, 2.45) is 0 Å². The van der Waals surface area contributed by atoms with Crippen LogP contribution in [0.5, 0.6) is 0 Å². The molecule has 4 fully saturated rings. The van der Waals surface area contributed by atoms with Crippen LogP contribution in [0.3, 0.4) is 0 Å². The number of nitrogens with one attached hydrogen (secondary N) is 1. The predicted molar refractivity (Wildman–Crippen MR) is 168 cm³/mol. The molecule has 0 aromatic carbocycles. The van der Waals surface area contributed by atoms with Gasteiger partial charge in [0.15, 0.2) is 0 Å². The van der Waals surface area contributed by atoms with Crippen LogP contribution in [0.1, 0.15) is 91.7 Å². The Balaban J connectivity index is 1.06. The monoisotopic (exact) mass is 614 g/mol. The molecule has 2 unspecified atom stereocenters. The molecule has 3 aromatic heterocycles. The van der Waals surface area contributed by atoms with Gasteiger partial charge < -0.3 is 24.4 Å². The Morgan fingerprint density at radius 1 is 1.00 bits per heavy atom. The van der Waals surface area contributed by atoms with Crippen LogP contribution in [0.15, 0.2) is 24.5 Å². The van der Waals surface area contributed by atoms with Gasteiger partial charge in [-0.3, -0.25) is 19.3 Å². The number of piperazine rings is 1. The van der Waals surface area contributed by atoms with E-state index in [1.54, 1.807) is 31.4 Å². The van der Waals surface area contributed by atoms with Crippen LogP contribution in [0, 0.1) is 6.92 Å². The van der Waals surface area contributed by atoms with Gasteiger partial charge >= 0.3 is 5.97 Å². The molecule has 1 aliphatic carbocycles. The smallest absolute Gasteiger partial charge is 0.327 e. The van der Waals surface area contributed by atoms with E-state index in [9.17, 15) is 14.4 Å². The molecule has 0 bridgehead atoms. The Hall–Kier alpha value is -4.06. The second-order valence-electron chi connectivity index (χ2n) is 14.4. The van der Waals surface area contributed by atoms with Gasteiger partial charge in [0, 0.05) is 63.1 Å². The Labute approximate surface area is 263 Å². The molecule has 3 saturated heterocycles. The van der Waals surface area contributed by atoms with Crippen molar-refractivity contribution in [1.82, 2.24) is 34.2 Å². The molecule has 3 aromatic rings. The summed E-state index contributed by atoms with van der Waals surface area (Å²) in [6, 6.07) is 4.30. The standard InChI is InChI=1S/C33H42N8O4/c1-19-11-26(36-31-35-15-20-12-25(29(43)38(5)6)40(27(20)37-31)21-9-7-8-10-21)34-16-24(19)28(42)39-17-22-13-33(14-23(18-39)41(22)33)30(44)45-32(2,3)4/h11-12,15-16,21-23H,7-10,13-14,17-18H2,1-6H3,(H,34,35,36,37). The number of aryl methyl sites for hydroxylation is 1. The molecular formula is C33H42N8O4. The van der Waals surface area contributed by atoms with E-state index in [1.807, 2.05) is 44.7 Å². The summed E-state index contributed by atoms with van der Waals surface area (Å²) in [4.78, 5) is 59.2. The molecule has 2 amide bonds. The molecule has 12 nitrogen and oxygen atoms in total. The minimum Gasteiger partial charge on any atom is -0.459 e. The summed E-state index contributed by atoms with van der Waals surface area (Å²) in [7, 11) is 3.52. The van der Waals surface area contributed by atoms with Crippen molar-refractivity contribution >= 4 is 40.6 Å². The number of anilines is 2. The first-order valence-electron chi connectivity index (χ1n) is 16.0. The fraction of sp³-hybridized carbons (Fsp3) is 0.576. The third-order valence-electron chi connectivity index (χ3n) is 9.83. The molecule has 2 atom stereocenters. The van der Waals surface area contributed by atoms with E-state index < -0.39 is 11.1 Å². The highest BCUT2D eigenvalue weighted by atomic mass is 16.6. The van der Waals surface area contributed by atoms with Crippen molar-refractivity contribution in [3.8, 4) is 0 Å². The number of carbonyl (C=O) groups is 3. The second kappa shape index (κ2) is 10.5. The lowest BCUT2D eigenvalue weighted by atomic mass is 9.62. The van der Waals surface area contributed by atoms with Gasteiger partial charge in [0.2, 0.25) is 5.95 Å². The number of amides is 2. The number of rotatable bonds is 6. The van der Waals surface area contributed by atoms with Crippen LogP contribution < -0.4 is 5.32 Å². The molecule has 0 radical (unpaired) electrons. The summed E-state index contributed by atoms with van der Waals surface area (Å²) in [5, 5.41) is 4.03. The van der Waals surface area contributed by atoms with Crippen molar-refractivity contribution in [2.45, 2.75) is 95.5 Å². The Morgan fingerprint density at radius 2 is 1.69 bits per heavy atom. The molecule has 238 valence electrons. The molecule has 7 rings (SSSR count). The summed E-state index contributed by atoms with van der Waals surface area (Å²) in [5.74, 6) is 0.692. The molecule has 3 aliphatic heterocycles. The van der Waals surface area contributed by atoms with Crippen LogP contribution in [0.25, 0.3) is 11.0 Å². The number of hydrogen-bond acceptors (Lipinski definition) is 9. The van der Waals surface area contributed by atoms with Gasteiger partial charge in [-0.15, -0.1) is 0 Å². The van der Waals surface area contributed by atoms with E-state index in [4.69, 9.17) is 9.72 Å². The molecule has 1 N–H and O–H groups in total. The van der Waals surface area contributed by atoms with E-state index in [0.29, 0.717) is 36.1 Å². The number of hydrogen-bond donors (Lipinski definition) is 1. The highest BCUT2D eigenvalue weighted by molar-refractivity contribution is 5.98. The van der Waals surface area contributed by atoms with Gasteiger partial charge in [-0.25, -0.2) is 9.97 Å². The van der Waals surface area contributed by atoms with E-state index in [1.165, 1.54) is 0 Å². The van der Waals surface area contributed by atoms with Crippen molar-refractivity contribution in [2.75, 3.05) is 32.5 Å². The molecule has 0 spiro atoms. The number of ether oxygens (including phenoxy) is 1. The van der Waals surface area contributed by atoms with Gasteiger partial charge in [-0.05, 0) is 71.1 Å². The Bertz CT molecular complexity index is 1690. The quantitative estimate of drug-likeness (QED) is 0.409. The van der Waals surface area contributed by atoms with Gasteiger partial charge in [0.05, 0.1) is 5.56 Å². The van der Waals surface area contributed by atoms with Crippen LogP contribution in [0.2, 0.25) is 0 Å². The van der Waals surface area contributed by atoms with E-state index >= 15 is 0 Å². The van der Waals surface area contributed by atoms with Gasteiger partial charge in [0.1, 0.15) is 28.3 Å². The maximum atomic E-state index is 13.6. The number of piperidine rings is 1. The van der Waals surface area contributed by atoms with Crippen molar-refractivity contribution in [1.29, 1.82) is 0 Å². The minimum atomic E-state index is -0.513. The zero-order chi connectivity index (χ0) is 31.8. The number of pyridine rings is 1. The number of aromatic nitrogens is 4. The van der Waals surface area contributed by atoms with Gasteiger partial charge in [-0.2, -0.15) is 4.98 Å². The summed E-state index contributed by atoms with van der Waals surface area (Å²) < 4.78 is 7.80. The first-order valence-corrected chi connectivity index (χ1v) is 16.0. The average molecular weight is 615 g/mol. The second-order valence-corrected chi connectivity index (χ2v) is 14.4. The average Bonchev–Trinajstić information content (AvgIpc) is 3.59. The van der Waals surface area contributed by atoms with Crippen LogP contribution in [-0.2, 0) is 9.53 Å². The molecule has 45 heavy (non-hydrogen) atoms. The zero-order valence-electron chi connectivity index (χ0n) is 27.0. The van der Waals surface area contributed by atoms with Gasteiger partial charge in [-0.1, -0.05) is 12.8 Å². The van der Waals surface area contributed by atoms with E-state index in [0.717, 1.165) is 55.1 Å².